The molecule has 2 heteroatoms. The number of rotatable bonds is 6. The molecule has 10 heavy (non-hydrogen) atoms. The highest BCUT2D eigenvalue weighted by Gasteiger charge is 2.01. The van der Waals surface area contributed by atoms with Crippen LogP contribution in [0.3, 0.4) is 0 Å². The molecule has 0 aliphatic heterocycles. The molecular weight excluding hydrogens is 128 g/mol. The maximum Gasteiger partial charge on any atom is 0.201 e. The summed E-state index contributed by atoms with van der Waals surface area (Å²) < 4.78 is 0. The first kappa shape index (κ1) is 9.63. The Morgan fingerprint density at radius 3 is 2.70 bits per heavy atom. The van der Waals surface area contributed by atoms with Crippen LogP contribution in [0.15, 0.2) is 0 Å². The van der Waals surface area contributed by atoms with Crippen molar-refractivity contribution in [1.82, 2.24) is 0 Å². The van der Waals surface area contributed by atoms with Crippen molar-refractivity contribution in [2.45, 2.75) is 45.1 Å². The fourth-order valence-corrected chi connectivity index (χ4v) is 0.828. The zero-order valence-electron chi connectivity index (χ0n) is 6.47. The Balaban J connectivity index is 3.04. The molecule has 0 bridgehead atoms. The number of hydrogen-bond acceptors (Lipinski definition) is 2. The first-order valence-electron chi connectivity index (χ1n) is 3.84. The van der Waals surface area contributed by atoms with Crippen molar-refractivity contribution >= 4 is 6.29 Å². The lowest BCUT2D eigenvalue weighted by Gasteiger charge is -2.03. The first-order valence-corrected chi connectivity index (χ1v) is 3.84. The molecule has 0 aromatic rings. The van der Waals surface area contributed by atoms with Gasteiger partial charge in [0.1, 0.15) is 0 Å². The molecule has 0 heterocycles. The Morgan fingerprint density at radius 2 is 2.20 bits per heavy atom. The molecule has 0 aromatic heterocycles. The summed E-state index contributed by atoms with van der Waals surface area (Å²) in [6.07, 6.45) is 5.45. The lowest BCUT2D eigenvalue weighted by atomic mass is 10.1. The first-order chi connectivity index (χ1) is 4.81. The van der Waals surface area contributed by atoms with Crippen LogP contribution >= 0.6 is 0 Å². The maximum absolute atomic E-state index is 9.76. The van der Waals surface area contributed by atoms with Crippen molar-refractivity contribution in [3.63, 3.8) is 0 Å². The Bertz CT molecular complexity index is 81.3. The zero-order valence-corrected chi connectivity index (χ0v) is 6.47. The molecule has 0 aliphatic rings. The third kappa shape index (κ3) is 5.76. The Kier molecular flexibility index (Phi) is 6.50. The molecule has 0 amide bonds. The topological polar surface area (TPSA) is 37.3 Å². The van der Waals surface area contributed by atoms with Crippen molar-refractivity contribution in [2.24, 2.45) is 0 Å². The highest BCUT2D eigenvalue weighted by Crippen LogP contribution is 2.04. The van der Waals surface area contributed by atoms with Gasteiger partial charge in [-0.2, -0.15) is 0 Å². The van der Waals surface area contributed by atoms with Crippen LogP contribution in [-0.2, 0) is 4.79 Å². The van der Waals surface area contributed by atoms with E-state index >= 15 is 0 Å². The second-order valence-corrected chi connectivity index (χ2v) is 2.50. The Morgan fingerprint density at radius 1 is 1.50 bits per heavy atom. The van der Waals surface area contributed by atoms with Crippen molar-refractivity contribution < 1.29 is 9.90 Å². The molecule has 0 spiro atoms. The highest BCUT2D eigenvalue weighted by atomic mass is 16.3. The molecule has 1 radical (unpaired) electrons. The molecule has 0 saturated carbocycles. The van der Waals surface area contributed by atoms with Gasteiger partial charge in [-0.1, -0.05) is 26.2 Å². The average molecular weight is 143 g/mol. The van der Waals surface area contributed by atoms with E-state index in [-0.39, 0.29) is 6.42 Å². The van der Waals surface area contributed by atoms with Crippen molar-refractivity contribution in [3.05, 3.63) is 0 Å². The Labute approximate surface area is 62.2 Å². The van der Waals surface area contributed by atoms with Gasteiger partial charge in [-0.25, -0.2) is 0 Å². The predicted molar refractivity (Wildman–Crippen MR) is 40.5 cm³/mol. The molecule has 1 N–H and O–H groups in total. The van der Waals surface area contributed by atoms with Gasteiger partial charge in [0.25, 0.3) is 0 Å². The smallest absolute Gasteiger partial charge is 0.201 e. The van der Waals surface area contributed by atoms with Crippen molar-refractivity contribution in [1.29, 1.82) is 0 Å². The van der Waals surface area contributed by atoms with Gasteiger partial charge in [0.05, 0.1) is 6.10 Å². The fourth-order valence-electron chi connectivity index (χ4n) is 0.828. The second-order valence-electron chi connectivity index (χ2n) is 2.50. The number of aliphatic hydroxyl groups excluding tert-OH is 1. The van der Waals surface area contributed by atoms with E-state index in [0.29, 0.717) is 0 Å². The molecule has 0 unspecified atom stereocenters. The number of carbonyl (C=O) groups excluding carboxylic acids is 1. The van der Waals surface area contributed by atoms with Crippen LogP contribution in [0.4, 0.5) is 0 Å². The molecule has 0 rings (SSSR count). The lowest BCUT2D eigenvalue weighted by Crippen LogP contribution is -2.06. The average Bonchev–Trinajstić information content (AvgIpc) is 1.89. The normalized spacial score (nSPS) is 13.0. The van der Waals surface area contributed by atoms with Crippen LogP contribution < -0.4 is 0 Å². The van der Waals surface area contributed by atoms with Crippen molar-refractivity contribution in [3.8, 4) is 0 Å². The zero-order chi connectivity index (χ0) is 7.82. The minimum atomic E-state index is -0.455. The van der Waals surface area contributed by atoms with E-state index in [9.17, 15) is 4.79 Å². The number of aliphatic hydroxyl groups is 1. The molecule has 0 saturated heterocycles. The molecule has 0 aliphatic carbocycles. The SMILES string of the molecule is CCCCC[C@@H](O)C[C]=O. The van der Waals surface area contributed by atoms with E-state index in [4.69, 9.17) is 5.11 Å². The summed E-state index contributed by atoms with van der Waals surface area (Å²) in [5.41, 5.74) is 0. The van der Waals surface area contributed by atoms with Crippen molar-refractivity contribution in [2.75, 3.05) is 0 Å². The van der Waals surface area contributed by atoms with Gasteiger partial charge in [0.2, 0.25) is 6.29 Å². The van der Waals surface area contributed by atoms with Gasteiger partial charge in [-0.3, -0.25) is 4.79 Å². The summed E-state index contributed by atoms with van der Waals surface area (Å²) in [6.45, 7) is 2.11. The number of unbranched alkanes of at least 4 members (excludes halogenated alkanes) is 2. The fraction of sp³-hybridized carbons (Fsp3) is 0.875. The van der Waals surface area contributed by atoms with Crippen LogP contribution in [0.1, 0.15) is 39.0 Å². The molecule has 0 aromatic carbocycles. The maximum atomic E-state index is 9.76. The van der Waals surface area contributed by atoms with Crippen LogP contribution in [0.25, 0.3) is 0 Å². The summed E-state index contributed by atoms with van der Waals surface area (Å²) in [7, 11) is 0. The van der Waals surface area contributed by atoms with E-state index in [0.717, 1.165) is 25.7 Å². The van der Waals surface area contributed by atoms with Crippen LogP contribution in [0.5, 0.6) is 0 Å². The van der Waals surface area contributed by atoms with E-state index in [1.54, 1.807) is 6.29 Å². The van der Waals surface area contributed by atoms with Gasteiger partial charge in [-0.15, -0.1) is 0 Å². The van der Waals surface area contributed by atoms with Gasteiger partial charge in [0, 0.05) is 6.42 Å². The quantitative estimate of drug-likeness (QED) is 0.571. The van der Waals surface area contributed by atoms with Crippen LogP contribution in [0, 0.1) is 0 Å². The van der Waals surface area contributed by atoms with E-state index < -0.39 is 6.10 Å². The van der Waals surface area contributed by atoms with E-state index in [1.807, 2.05) is 0 Å². The molecule has 2 nitrogen and oxygen atoms in total. The summed E-state index contributed by atoms with van der Waals surface area (Å²) in [5.74, 6) is 0. The van der Waals surface area contributed by atoms with Gasteiger partial charge >= 0.3 is 0 Å². The third-order valence-electron chi connectivity index (χ3n) is 1.46. The monoisotopic (exact) mass is 143 g/mol. The largest absolute Gasteiger partial charge is 0.393 e. The predicted octanol–water partition coefficient (Wildman–Crippen LogP) is 1.43. The van der Waals surface area contributed by atoms with Crippen LogP contribution in [0.2, 0.25) is 0 Å². The summed E-state index contributed by atoms with van der Waals surface area (Å²) in [6, 6.07) is 0. The van der Waals surface area contributed by atoms with Gasteiger partial charge < -0.3 is 5.11 Å². The summed E-state index contributed by atoms with van der Waals surface area (Å²) in [5, 5.41) is 9.01. The molecule has 0 fully saturated rings. The van der Waals surface area contributed by atoms with Gasteiger partial charge in [-0.05, 0) is 6.42 Å². The standard InChI is InChI=1S/C8H15O2/c1-2-3-4-5-8(10)6-7-9/h8,10H,2-6H2,1H3/t8-/m1/s1. The highest BCUT2D eigenvalue weighted by molar-refractivity contribution is 5.51. The summed E-state index contributed by atoms with van der Waals surface area (Å²) >= 11 is 0. The molecule has 59 valence electrons. The minimum absolute atomic E-state index is 0.170. The molecular formula is C8H15O2. The lowest BCUT2D eigenvalue weighted by molar-refractivity contribution is 0.167. The number of hydrogen-bond donors (Lipinski definition) is 1. The summed E-state index contributed by atoms with van der Waals surface area (Å²) in [4.78, 5) is 9.76. The van der Waals surface area contributed by atoms with Gasteiger partial charge in [0.15, 0.2) is 0 Å². The van der Waals surface area contributed by atoms with E-state index in [2.05, 4.69) is 6.92 Å². The third-order valence-corrected chi connectivity index (χ3v) is 1.46. The molecule has 1 atom stereocenters. The van der Waals surface area contributed by atoms with E-state index in [1.165, 1.54) is 0 Å². The Hall–Kier alpha value is -0.370. The van der Waals surface area contributed by atoms with Crippen LogP contribution in [-0.4, -0.2) is 17.5 Å². The minimum Gasteiger partial charge on any atom is -0.393 e. The second kappa shape index (κ2) is 6.75.